The monoisotopic (exact) mass is 140 g/mol. The number of amides is 1. The van der Waals surface area contributed by atoms with Crippen LogP contribution in [0.1, 0.15) is 6.42 Å². The Hall–Kier alpha value is -0.570. The number of nitrogens with zero attached hydrogens (tertiary/aromatic N) is 2. The molecule has 0 N–H and O–H groups in total. The number of hydrogen-bond donors (Lipinski definition) is 0. The van der Waals surface area contributed by atoms with E-state index >= 15 is 0 Å². The lowest BCUT2D eigenvalue weighted by molar-refractivity contribution is -0.120. The molecule has 3 nitrogen and oxygen atoms in total. The van der Waals surface area contributed by atoms with Crippen LogP contribution in [0.5, 0.6) is 0 Å². The van der Waals surface area contributed by atoms with Crippen molar-refractivity contribution < 1.29 is 4.79 Å². The molecule has 3 heteroatoms. The molecule has 2 heterocycles. The molecule has 0 unspecified atom stereocenters. The zero-order chi connectivity index (χ0) is 7.14. The van der Waals surface area contributed by atoms with Crippen molar-refractivity contribution in [2.45, 2.75) is 18.5 Å². The van der Waals surface area contributed by atoms with Gasteiger partial charge in [-0.3, -0.25) is 9.69 Å². The second-order valence-electron chi connectivity index (χ2n) is 3.29. The molecule has 0 radical (unpaired) electrons. The highest BCUT2D eigenvalue weighted by atomic mass is 16.1. The van der Waals surface area contributed by atoms with Crippen molar-refractivity contribution in [3.8, 4) is 0 Å². The molecule has 0 aromatic heterocycles. The van der Waals surface area contributed by atoms with Crippen LogP contribution in [0.2, 0.25) is 0 Å². The van der Waals surface area contributed by atoms with Gasteiger partial charge in [-0.2, -0.15) is 0 Å². The van der Waals surface area contributed by atoms with E-state index in [0.29, 0.717) is 12.1 Å². The summed E-state index contributed by atoms with van der Waals surface area (Å²) in [6, 6.07) is 1.17. The molecule has 2 fully saturated rings. The summed E-state index contributed by atoms with van der Waals surface area (Å²) in [5, 5.41) is 0. The van der Waals surface area contributed by atoms with Gasteiger partial charge in [0.15, 0.2) is 0 Å². The Balaban J connectivity index is 2.08. The van der Waals surface area contributed by atoms with Gasteiger partial charge in [-0.1, -0.05) is 0 Å². The Morgan fingerprint density at radius 3 is 2.60 bits per heavy atom. The van der Waals surface area contributed by atoms with Gasteiger partial charge in [-0.05, 0) is 13.5 Å². The number of piperazine rings is 1. The highest BCUT2D eigenvalue weighted by Crippen LogP contribution is 2.27. The molecule has 2 aliphatic rings. The van der Waals surface area contributed by atoms with Crippen LogP contribution < -0.4 is 0 Å². The molecule has 0 aliphatic carbocycles. The summed E-state index contributed by atoms with van der Waals surface area (Å²) in [5.74, 6) is 0. The van der Waals surface area contributed by atoms with Crippen LogP contribution in [0.25, 0.3) is 0 Å². The molecular weight excluding hydrogens is 128 g/mol. The maximum atomic E-state index is 10.4. The van der Waals surface area contributed by atoms with E-state index in [9.17, 15) is 4.79 Å². The third-order valence-electron chi connectivity index (χ3n) is 2.69. The number of likely N-dealkylation sites (tertiary alicyclic amines) is 2. The van der Waals surface area contributed by atoms with Crippen LogP contribution in [0.15, 0.2) is 0 Å². The summed E-state index contributed by atoms with van der Waals surface area (Å²) in [7, 11) is 2.13. The van der Waals surface area contributed by atoms with E-state index in [4.69, 9.17) is 0 Å². The summed E-state index contributed by atoms with van der Waals surface area (Å²) >= 11 is 0. The number of rotatable bonds is 1. The van der Waals surface area contributed by atoms with Gasteiger partial charge in [0, 0.05) is 25.2 Å². The minimum atomic E-state index is 0.521. The zero-order valence-electron chi connectivity index (χ0n) is 6.16. The number of fused-ring (bicyclic) bond motifs is 2. The van der Waals surface area contributed by atoms with E-state index in [1.807, 2.05) is 4.90 Å². The second-order valence-corrected chi connectivity index (χ2v) is 3.29. The van der Waals surface area contributed by atoms with Gasteiger partial charge in [0.05, 0.1) is 0 Å². The Morgan fingerprint density at radius 1 is 1.40 bits per heavy atom. The van der Waals surface area contributed by atoms with Crippen molar-refractivity contribution >= 4 is 6.41 Å². The Morgan fingerprint density at radius 2 is 2.20 bits per heavy atom. The highest BCUT2D eigenvalue weighted by Gasteiger charge is 2.40. The maximum Gasteiger partial charge on any atom is 0.210 e. The normalized spacial score (nSPS) is 39.1. The minimum Gasteiger partial charge on any atom is -0.339 e. The molecule has 10 heavy (non-hydrogen) atoms. The quantitative estimate of drug-likeness (QED) is 0.460. The van der Waals surface area contributed by atoms with E-state index in [2.05, 4.69) is 11.9 Å². The first-order valence-corrected chi connectivity index (χ1v) is 3.72. The first-order chi connectivity index (χ1) is 4.81. The van der Waals surface area contributed by atoms with Crippen molar-refractivity contribution in [2.24, 2.45) is 0 Å². The molecule has 2 saturated heterocycles. The molecule has 0 saturated carbocycles. The van der Waals surface area contributed by atoms with Crippen molar-refractivity contribution in [2.75, 3.05) is 20.1 Å². The van der Waals surface area contributed by atoms with Crippen LogP contribution >= 0.6 is 0 Å². The number of carbonyl (C=O) groups excluding carboxylic acids is 1. The van der Waals surface area contributed by atoms with Gasteiger partial charge in [0.2, 0.25) is 6.41 Å². The first-order valence-electron chi connectivity index (χ1n) is 3.72. The van der Waals surface area contributed by atoms with E-state index < -0.39 is 0 Å². The summed E-state index contributed by atoms with van der Waals surface area (Å²) in [5.41, 5.74) is 0. The van der Waals surface area contributed by atoms with Crippen molar-refractivity contribution in [1.29, 1.82) is 0 Å². The largest absolute Gasteiger partial charge is 0.339 e. The third-order valence-corrected chi connectivity index (χ3v) is 2.69. The SMILES string of the molecule is CN1C[C@@H]2C[C@H]1CN2C=O. The predicted octanol–water partition coefficient (Wildman–Crippen LogP) is -0.469. The van der Waals surface area contributed by atoms with Gasteiger partial charge in [0.1, 0.15) is 0 Å². The van der Waals surface area contributed by atoms with Crippen LogP contribution in [0.3, 0.4) is 0 Å². The number of likely N-dealkylation sites (N-methyl/N-ethyl adjacent to an activating group) is 1. The van der Waals surface area contributed by atoms with Crippen LogP contribution in [0.4, 0.5) is 0 Å². The fourth-order valence-corrected chi connectivity index (χ4v) is 2.03. The van der Waals surface area contributed by atoms with Gasteiger partial charge in [0.25, 0.3) is 0 Å². The third kappa shape index (κ3) is 0.669. The summed E-state index contributed by atoms with van der Waals surface area (Å²) in [6.45, 7) is 2.02. The molecule has 2 aliphatic heterocycles. The van der Waals surface area contributed by atoms with Crippen molar-refractivity contribution in [1.82, 2.24) is 9.80 Å². The Labute approximate surface area is 60.6 Å². The first kappa shape index (κ1) is 6.16. The average molecular weight is 140 g/mol. The number of hydrogen-bond acceptors (Lipinski definition) is 2. The molecule has 0 aromatic carbocycles. The van der Waals surface area contributed by atoms with E-state index in [1.165, 1.54) is 6.42 Å². The van der Waals surface area contributed by atoms with Gasteiger partial charge in [-0.15, -0.1) is 0 Å². The van der Waals surface area contributed by atoms with E-state index in [1.54, 1.807) is 0 Å². The summed E-state index contributed by atoms with van der Waals surface area (Å²) in [6.07, 6.45) is 2.17. The smallest absolute Gasteiger partial charge is 0.210 e. The van der Waals surface area contributed by atoms with E-state index in [-0.39, 0.29) is 0 Å². The van der Waals surface area contributed by atoms with Crippen LogP contribution in [-0.4, -0.2) is 48.4 Å². The zero-order valence-corrected chi connectivity index (χ0v) is 6.16. The average Bonchev–Trinajstić information content (AvgIpc) is 2.44. The Bertz CT molecular complexity index is 158. The van der Waals surface area contributed by atoms with Gasteiger partial charge < -0.3 is 4.90 Å². The topological polar surface area (TPSA) is 23.6 Å². The maximum absolute atomic E-state index is 10.4. The standard InChI is InChI=1S/C7H12N2O/c1-8-3-7-2-6(8)4-9(7)5-10/h5-7H,2-4H2,1H3/t6-,7-/m0/s1. The molecule has 0 aromatic rings. The molecule has 2 rings (SSSR count). The summed E-state index contributed by atoms with van der Waals surface area (Å²) < 4.78 is 0. The fraction of sp³-hybridized carbons (Fsp3) is 0.857. The van der Waals surface area contributed by atoms with Gasteiger partial charge in [-0.25, -0.2) is 0 Å². The lowest BCUT2D eigenvalue weighted by Crippen LogP contribution is -2.43. The van der Waals surface area contributed by atoms with Crippen LogP contribution in [0, 0.1) is 0 Å². The Kier molecular flexibility index (Phi) is 1.20. The lowest BCUT2D eigenvalue weighted by atomic mass is 10.2. The molecule has 56 valence electrons. The minimum absolute atomic E-state index is 0.521. The van der Waals surface area contributed by atoms with Crippen LogP contribution in [-0.2, 0) is 4.79 Å². The van der Waals surface area contributed by atoms with Crippen molar-refractivity contribution in [3.63, 3.8) is 0 Å². The summed E-state index contributed by atoms with van der Waals surface area (Å²) in [4.78, 5) is 14.7. The van der Waals surface area contributed by atoms with E-state index in [0.717, 1.165) is 19.5 Å². The predicted molar refractivity (Wildman–Crippen MR) is 37.6 cm³/mol. The second kappa shape index (κ2) is 1.95. The lowest BCUT2D eigenvalue weighted by Gasteiger charge is -2.28. The molecule has 0 spiro atoms. The van der Waals surface area contributed by atoms with Gasteiger partial charge >= 0.3 is 0 Å². The number of carbonyl (C=O) groups is 1. The highest BCUT2D eigenvalue weighted by molar-refractivity contribution is 5.49. The van der Waals surface area contributed by atoms with Crippen molar-refractivity contribution in [3.05, 3.63) is 0 Å². The molecule has 1 amide bonds. The molecular formula is C7H12N2O. The molecule has 2 bridgehead atoms. The fourth-order valence-electron chi connectivity index (χ4n) is 2.03. The molecule has 2 atom stereocenters.